The summed E-state index contributed by atoms with van der Waals surface area (Å²) in [6.07, 6.45) is 2.53. The summed E-state index contributed by atoms with van der Waals surface area (Å²) in [4.78, 5) is 12.2. The van der Waals surface area contributed by atoms with Gasteiger partial charge >= 0.3 is 0 Å². The van der Waals surface area contributed by atoms with Crippen LogP contribution in [0, 0.1) is 11.8 Å². The predicted octanol–water partition coefficient (Wildman–Crippen LogP) is 1.80. The number of amides is 1. The van der Waals surface area contributed by atoms with Crippen LogP contribution in [0.1, 0.15) is 25.3 Å². The summed E-state index contributed by atoms with van der Waals surface area (Å²) in [5, 5.41) is 15.3. The van der Waals surface area contributed by atoms with Gasteiger partial charge in [-0.3, -0.25) is 4.79 Å². The van der Waals surface area contributed by atoms with Crippen LogP contribution in [0.2, 0.25) is 0 Å². The Labute approximate surface area is 120 Å². The van der Waals surface area contributed by atoms with E-state index in [0.717, 1.165) is 24.9 Å². The minimum atomic E-state index is -0.00321. The number of rotatable bonds is 6. The predicted molar refractivity (Wildman–Crippen MR) is 80.6 cm³/mol. The number of benzene rings is 1. The second kappa shape index (κ2) is 7.29. The smallest absolute Gasteiger partial charge is 0.225 e. The van der Waals surface area contributed by atoms with Gasteiger partial charge in [0.05, 0.1) is 5.92 Å². The summed E-state index contributed by atoms with van der Waals surface area (Å²) in [6, 6.07) is 8.14. The molecule has 1 amide bonds. The van der Waals surface area contributed by atoms with Crippen molar-refractivity contribution in [1.82, 2.24) is 5.32 Å². The van der Waals surface area contributed by atoms with Crippen LogP contribution in [0.4, 0.5) is 5.69 Å². The molecule has 0 bridgehead atoms. The van der Waals surface area contributed by atoms with E-state index in [-0.39, 0.29) is 18.4 Å². The molecule has 3 N–H and O–H groups in total. The van der Waals surface area contributed by atoms with Gasteiger partial charge < -0.3 is 15.7 Å². The number of aliphatic hydroxyl groups excluding tert-OH is 1. The molecule has 110 valence electrons. The fourth-order valence-electron chi connectivity index (χ4n) is 2.65. The summed E-state index contributed by atoms with van der Waals surface area (Å²) in [6.45, 7) is 3.63. The van der Waals surface area contributed by atoms with Crippen LogP contribution in [0.15, 0.2) is 24.3 Å². The Morgan fingerprint density at radius 2 is 2.30 bits per heavy atom. The number of anilines is 1. The van der Waals surface area contributed by atoms with E-state index >= 15 is 0 Å². The Bertz CT molecular complexity index is 448. The number of para-hydroxylation sites is 1. The first kappa shape index (κ1) is 14.9. The van der Waals surface area contributed by atoms with Gasteiger partial charge in [0.1, 0.15) is 0 Å². The Hall–Kier alpha value is -1.55. The minimum absolute atomic E-state index is 0.00321. The van der Waals surface area contributed by atoms with E-state index in [1.54, 1.807) is 0 Å². The monoisotopic (exact) mass is 276 g/mol. The van der Waals surface area contributed by atoms with Crippen molar-refractivity contribution in [3.8, 4) is 0 Å². The fraction of sp³-hybridized carbons (Fsp3) is 0.562. The molecular weight excluding hydrogens is 252 g/mol. The lowest BCUT2D eigenvalue weighted by Crippen LogP contribution is -2.40. The summed E-state index contributed by atoms with van der Waals surface area (Å²) in [5.41, 5.74) is 2.35. The van der Waals surface area contributed by atoms with Crippen LogP contribution in [-0.4, -0.2) is 30.7 Å². The third kappa shape index (κ3) is 3.73. The van der Waals surface area contributed by atoms with Gasteiger partial charge in [0, 0.05) is 25.4 Å². The van der Waals surface area contributed by atoms with E-state index in [0.29, 0.717) is 19.0 Å². The number of fused-ring (bicyclic) bond motifs is 1. The molecule has 0 fully saturated rings. The van der Waals surface area contributed by atoms with Crippen molar-refractivity contribution in [2.24, 2.45) is 11.8 Å². The molecule has 2 rings (SSSR count). The molecule has 0 spiro atoms. The van der Waals surface area contributed by atoms with Crippen molar-refractivity contribution < 1.29 is 9.90 Å². The Balaban J connectivity index is 1.85. The van der Waals surface area contributed by atoms with Crippen molar-refractivity contribution in [2.75, 3.05) is 25.0 Å². The maximum Gasteiger partial charge on any atom is 0.225 e. The molecule has 0 radical (unpaired) electrons. The van der Waals surface area contributed by atoms with Crippen LogP contribution in [0.5, 0.6) is 0 Å². The molecule has 4 nitrogen and oxygen atoms in total. The van der Waals surface area contributed by atoms with Gasteiger partial charge in [-0.15, -0.1) is 0 Å². The van der Waals surface area contributed by atoms with Gasteiger partial charge in [0.15, 0.2) is 0 Å². The molecule has 1 aliphatic heterocycles. The van der Waals surface area contributed by atoms with E-state index in [4.69, 9.17) is 5.11 Å². The standard InChI is InChI=1S/C16H24N2O2/c1-2-12(7-8-19)10-18-16(20)14-9-13-5-3-4-6-15(13)17-11-14/h3-6,12,14,17,19H,2,7-11H2,1H3,(H,18,20). The Kier molecular flexibility index (Phi) is 5.41. The van der Waals surface area contributed by atoms with Crippen molar-refractivity contribution in [1.29, 1.82) is 0 Å². The van der Waals surface area contributed by atoms with Crippen LogP contribution in [-0.2, 0) is 11.2 Å². The molecule has 20 heavy (non-hydrogen) atoms. The van der Waals surface area contributed by atoms with Crippen molar-refractivity contribution >= 4 is 11.6 Å². The highest BCUT2D eigenvalue weighted by Crippen LogP contribution is 2.24. The molecule has 1 aliphatic rings. The van der Waals surface area contributed by atoms with Crippen LogP contribution in [0.25, 0.3) is 0 Å². The highest BCUT2D eigenvalue weighted by Gasteiger charge is 2.24. The number of carbonyl (C=O) groups excluding carboxylic acids is 1. The Morgan fingerprint density at radius 3 is 3.05 bits per heavy atom. The highest BCUT2D eigenvalue weighted by molar-refractivity contribution is 5.80. The van der Waals surface area contributed by atoms with Gasteiger partial charge in [-0.25, -0.2) is 0 Å². The average Bonchev–Trinajstić information content (AvgIpc) is 2.50. The fourth-order valence-corrected chi connectivity index (χ4v) is 2.65. The summed E-state index contributed by atoms with van der Waals surface area (Å²) in [7, 11) is 0. The summed E-state index contributed by atoms with van der Waals surface area (Å²) >= 11 is 0. The molecule has 1 aromatic carbocycles. The zero-order valence-corrected chi connectivity index (χ0v) is 12.1. The topological polar surface area (TPSA) is 61.4 Å². The van der Waals surface area contributed by atoms with Gasteiger partial charge in [-0.1, -0.05) is 31.5 Å². The maximum atomic E-state index is 12.2. The molecule has 1 aromatic rings. The molecule has 0 aliphatic carbocycles. The normalized spacial score (nSPS) is 18.8. The first-order valence-electron chi connectivity index (χ1n) is 7.45. The molecule has 1 heterocycles. The molecule has 0 saturated carbocycles. The Morgan fingerprint density at radius 1 is 1.50 bits per heavy atom. The highest BCUT2D eigenvalue weighted by atomic mass is 16.3. The van der Waals surface area contributed by atoms with Gasteiger partial charge in [-0.05, 0) is 30.4 Å². The van der Waals surface area contributed by atoms with Crippen molar-refractivity contribution in [2.45, 2.75) is 26.2 Å². The number of hydrogen-bond donors (Lipinski definition) is 3. The lowest BCUT2D eigenvalue weighted by molar-refractivity contribution is -0.124. The van der Waals surface area contributed by atoms with Crippen LogP contribution < -0.4 is 10.6 Å². The molecule has 0 saturated heterocycles. The quantitative estimate of drug-likeness (QED) is 0.742. The van der Waals surface area contributed by atoms with Crippen LogP contribution in [0.3, 0.4) is 0 Å². The zero-order chi connectivity index (χ0) is 14.4. The third-order valence-electron chi connectivity index (χ3n) is 4.07. The first-order chi connectivity index (χ1) is 9.74. The lowest BCUT2D eigenvalue weighted by atomic mass is 9.93. The number of aliphatic hydroxyl groups is 1. The second-order valence-electron chi connectivity index (χ2n) is 5.47. The molecule has 4 heteroatoms. The first-order valence-corrected chi connectivity index (χ1v) is 7.45. The molecule has 2 unspecified atom stereocenters. The van der Waals surface area contributed by atoms with Gasteiger partial charge in [0.25, 0.3) is 0 Å². The van der Waals surface area contributed by atoms with E-state index in [1.807, 2.05) is 12.1 Å². The molecule has 0 aromatic heterocycles. The van der Waals surface area contributed by atoms with Gasteiger partial charge in [-0.2, -0.15) is 0 Å². The number of carbonyl (C=O) groups is 1. The van der Waals surface area contributed by atoms with E-state index in [1.165, 1.54) is 5.56 Å². The second-order valence-corrected chi connectivity index (χ2v) is 5.47. The van der Waals surface area contributed by atoms with E-state index in [9.17, 15) is 4.79 Å². The van der Waals surface area contributed by atoms with Gasteiger partial charge in [0.2, 0.25) is 5.91 Å². The summed E-state index contributed by atoms with van der Waals surface area (Å²) in [5.74, 6) is 0.479. The number of hydrogen-bond acceptors (Lipinski definition) is 3. The van der Waals surface area contributed by atoms with Crippen LogP contribution >= 0.6 is 0 Å². The van der Waals surface area contributed by atoms with E-state index in [2.05, 4.69) is 29.7 Å². The zero-order valence-electron chi connectivity index (χ0n) is 12.1. The minimum Gasteiger partial charge on any atom is -0.396 e. The number of nitrogens with one attached hydrogen (secondary N) is 2. The van der Waals surface area contributed by atoms with Crippen molar-refractivity contribution in [3.05, 3.63) is 29.8 Å². The average molecular weight is 276 g/mol. The largest absolute Gasteiger partial charge is 0.396 e. The SMILES string of the molecule is CCC(CCO)CNC(=O)C1CNc2ccccc2C1. The molecular formula is C16H24N2O2. The maximum absolute atomic E-state index is 12.2. The lowest BCUT2D eigenvalue weighted by Gasteiger charge is -2.26. The molecule has 2 atom stereocenters. The van der Waals surface area contributed by atoms with E-state index < -0.39 is 0 Å². The summed E-state index contributed by atoms with van der Waals surface area (Å²) < 4.78 is 0. The third-order valence-corrected chi connectivity index (χ3v) is 4.07. The van der Waals surface area contributed by atoms with Crippen molar-refractivity contribution in [3.63, 3.8) is 0 Å².